The van der Waals surface area contributed by atoms with Crippen LogP contribution >= 0.6 is 15.9 Å². The van der Waals surface area contributed by atoms with Crippen LogP contribution in [-0.2, 0) is 9.84 Å². The molecule has 1 aromatic rings. The summed E-state index contributed by atoms with van der Waals surface area (Å²) in [6, 6.07) is 6.73. The van der Waals surface area contributed by atoms with Gasteiger partial charge in [-0.2, -0.15) is 0 Å². The Morgan fingerprint density at radius 2 is 1.86 bits per heavy atom. The highest BCUT2D eigenvalue weighted by Gasteiger charge is 2.31. The monoisotopic (exact) mass is 275 g/mol. The first-order chi connectivity index (χ1) is 6.60. The van der Waals surface area contributed by atoms with Gasteiger partial charge in [0.1, 0.15) is 5.37 Å². The second-order valence-corrected chi connectivity index (χ2v) is 6.28. The van der Waals surface area contributed by atoms with Crippen molar-refractivity contribution in [3.8, 4) is 0 Å². The van der Waals surface area contributed by atoms with Crippen molar-refractivity contribution in [1.29, 1.82) is 0 Å². The lowest BCUT2D eigenvalue weighted by atomic mass is 10.3. The molecule has 1 fully saturated rings. The second kappa shape index (κ2) is 3.64. The molecule has 0 aromatic heterocycles. The van der Waals surface area contributed by atoms with Gasteiger partial charge in [0.2, 0.25) is 0 Å². The van der Waals surface area contributed by atoms with E-state index >= 15 is 0 Å². The van der Waals surface area contributed by atoms with Crippen LogP contribution in [-0.4, -0.2) is 20.3 Å². The van der Waals surface area contributed by atoms with Gasteiger partial charge in [-0.05, 0) is 37.2 Å². The van der Waals surface area contributed by atoms with E-state index in [0.29, 0.717) is 11.3 Å². The van der Waals surface area contributed by atoms with Crippen LogP contribution in [0.2, 0.25) is 0 Å². The third kappa shape index (κ3) is 1.71. The Labute approximate surface area is 91.6 Å². The maximum absolute atomic E-state index is 11.8. The molecule has 2 rings (SSSR count). The molecule has 1 unspecified atom stereocenters. The van der Waals surface area contributed by atoms with Gasteiger partial charge in [-0.15, -0.1) is 0 Å². The summed E-state index contributed by atoms with van der Waals surface area (Å²) >= 11 is 3.27. The quantitative estimate of drug-likeness (QED) is 0.891. The van der Waals surface area contributed by atoms with E-state index < -0.39 is 9.84 Å². The maximum Gasteiger partial charge on any atom is 0.194 e. The first kappa shape index (κ1) is 10.1. The summed E-state index contributed by atoms with van der Waals surface area (Å²) in [7, 11) is -3.15. The third-order valence-corrected chi connectivity index (χ3v) is 4.90. The molecule has 14 heavy (non-hydrogen) atoms. The predicted octanol–water partition coefficient (Wildman–Crippen LogP) is 1.54. The molecule has 3 nitrogen and oxygen atoms in total. The highest BCUT2D eigenvalue weighted by molar-refractivity contribution is 9.10. The van der Waals surface area contributed by atoms with Gasteiger partial charge in [-0.25, -0.2) is 8.42 Å². The molecule has 0 bridgehead atoms. The largest absolute Gasteiger partial charge is 0.301 e. The van der Waals surface area contributed by atoms with E-state index in [9.17, 15) is 8.42 Å². The Hall–Kier alpha value is -0.390. The van der Waals surface area contributed by atoms with Gasteiger partial charge in [0.25, 0.3) is 0 Å². The van der Waals surface area contributed by atoms with Gasteiger partial charge in [0.15, 0.2) is 9.84 Å². The number of nitrogens with one attached hydrogen (secondary N) is 1. The van der Waals surface area contributed by atoms with Crippen LogP contribution in [0.5, 0.6) is 0 Å². The summed E-state index contributed by atoms with van der Waals surface area (Å²) in [4.78, 5) is 0.387. The van der Waals surface area contributed by atoms with Gasteiger partial charge in [0.05, 0.1) is 4.90 Å². The Morgan fingerprint density at radius 3 is 2.29 bits per heavy atom. The van der Waals surface area contributed by atoms with Crippen LogP contribution in [0.1, 0.15) is 6.42 Å². The molecular formula is C9H10BrNO2S. The van der Waals surface area contributed by atoms with E-state index in [1.807, 2.05) is 0 Å². The van der Waals surface area contributed by atoms with Crippen molar-refractivity contribution >= 4 is 25.8 Å². The lowest BCUT2D eigenvalue weighted by Gasteiger charge is -2.27. The van der Waals surface area contributed by atoms with E-state index in [0.717, 1.165) is 11.0 Å². The minimum atomic E-state index is -3.15. The highest BCUT2D eigenvalue weighted by Crippen LogP contribution is 2.22. The van der Waals surface area contributed by atoms with Gasteiger partial charge >= 0.3 is 0 Å². The Balaban J connectivity index is 2.34. The van der Waals surface area contributed by atoms with Crippen molar-refractivity contribution in [3.63, 3.8) is 0 Å². The molecule has 0 radical (unpaired) electrons. The molecule has 1 N–H and O–H groups in total. The molecule has 1 aliphatic heterocycles. The number of hydrogen-bond acceptors (Lipinski definition) is 3. The normalized spacial score (nSPS) is 21.6. The number of hydrogen-bond donors (Lipinski definition) is 1. The van der Waals surface area contributed by atoms with Crippen molar-refractivity contribution in [1.82, 2.24) is 5.32 Å². The van der Waals surface area contributed by atoms with Gasteiger partial charge in [0, 0.05) is 4.47 Å². The Morgan fingerprint density at radius 1 is 1.29 bits per heavy atom. The predicted molar refractivity (Wildman–Crippen MR) is 57.7 cm³/mol. The molecule has 1 heterocycles. The van der Waals surface area contributed by atoms with Crippen molar-refractivity contribution < 1.29 is 8.42 Å². The van der Waals surface area contributed by atoms with Crippen molar-refractivity contribution in [2.45, 2.75) is 16.7 Å². The molecule has 1 aromatic carbocycles. The number of rotatable bonds is 2. The second-order valence-electron chi connectivity index (χ2n) is 3.23. The summed E-state index contributed by atoms with van der Waals surface area (Å²) in [6.07, 6.45) is 0.707. The first-order valence-corrected chi connectivity index (χ1v) is 6.67. The van der Waals surface area contributed by atoms with Crippen LogP contribution < -0.4 is 5.32 Å². The molecular weight excluding hydrogens is 266 g/mol. The number of benzene rings is 1. The van der Waals surface area contributed by atoms with Crippen LogP contribution in [0.25, 0.3) is 0 Å². The highest BCUT2D eigenvalue weighted by atomic mass is 79.9. The van der Waals surface area contributed by atoms with E-state index in [4.69, 9.17) is 0 Å². The Kier molecular flexibility index (Phi) is 2.64. The molecule has 0 saturated carbocycles. The van der Waals surface area contributed by atoms with Crippen LogP contribution in [0.15, 0.2) is 33.6 Å². The average molecular weight is 276 g/mol. The van der Waals surface area contributed by atoms with Crippen molar-refractivity contribution in [2.24, 2.45) is 0 Å². The van der Waals surface area contributed by atoms with Crippen LogP contribution in [0.4, 0.5) is 0 Å². The Bertz CT molecular complexity index is 423. The van der Waals surface area contributed by atoms with E-state index in [2.05, 4.69) is 21.2 Å². The third-order valence-electron chi connectivity index (χ3n) is 2.30. The standard InChI is InChI=1S/C9H10BrNO2S/c10-7-1-3-8(4-2-7)14(12,13)9-5-6-11-9/h1-4,9,11H,5-6H2. The number of halogens is 1. The van der Waals surface area contributed by atoms with Crippen molar-refractivity contribution in [2.75, 3.05) is 6.54 Å². The molecule has 1 atom stereocenters. The zero-order chi connectivity index (χ0) is 10.2. The summed E-state index contributed by atoms with van der Waals surface area (Å²) in [5.74, 6) is 0. The first-order valence-electron chi connectivity index (χ1n) is 4.33. The minimum Gasteiger partial charge on any atom is -0.301 e. The molecule has 0 amide bonds. The van der Waals surface area contributed by atoms with Crippen LogP contribution in [0.3, 0.4) is 0 Å². The SMILES string of the molecule is O=S(=O)(c1ccc(Br)cc1)C1CCN1. The maximum atomic E-state index is 11.8. The van der Waals surface area contributed by atoms with E-state index in [-0.39, 0.29) is 5.37 Å². The summed E-state index contributed by atoms with van der Waals surface area (Å²) in [6.45, 7) is 0.792. The van der Waals surface area contributed by atoms with Gasteiger partial charge in [-0.1, -0.05) is 15.9 Å². The summed E-state index contributed by atoms with van der Waals surface area (Å²) in [5, 5.41) is 2.51. The fraction of sp³-hybridized carbons (Fsp3) is 0.333. The molecule has 1 aliphatic rings. The zero-order valence-electron chi connectivity index (χ0n) is 7.40. The lowest BCUT2D eigenvalue weighted by Crippen LogP contribution is -2.48. The van der Waals surface area contributed by atoms with Crippen molar-refractivity contribution in [3.05, 3.63) is 28.7 Å². The summed E-state index contributed by atoms with van der Waals surface area (Å²) in [5.41, 5.74) is 0. The fourth-order valence-corrected chi connectivity index (χ4v) is 3.19. The molecule has 76 valence electrons. The van der Waals surface area contributed by atoms with Gasteiger partial charge in [-0.3, -0.25) is 0 Å². The molecule has 0 spiro atoms. The average Bonchev–Trinajstić information content (AvgIpc) is 2.00. The topological polar surface area (TPSA) is 46.2 Å². The van der Waals surface area contributed by atoms with Gasteiger partial charge < -0.3 is 5.32 Å². The smallest absolute Gasteiger partial charge is 0.194 e. The molecule has 0 aliphatic carbocycles. The molecule has 5 heteroatoms. The van der Waals surface area contributed by atoms with E-state index in [1.54, 1.807) is 24.3 Å². The summed E-state index contributed by atoms with van der Waals surface area (Å²) < 4.78 is 24.6. The lowest BCUT2D eigenvalue weighted by molar-refractivity contribution is 0.448. The van der Waals surface area contributed by atoms with E-state index in [1.165, 1.54) is 0 Å². The fourth-order valence-electron chi connectivity index (χ4n) is 1.32. The number of sulfone groups is 1. The zero-order valence-corrected chi connectivity index (χ0v) is 9.81. The molecule has 1 saturated heterocycles. The van der Waals surface area contributed by atoms with Crippen LogP contribution in [0, 0.1) is 0 Å². The minimum absolute atomic E-state index is 0.385.